The lowest BCUT2D eigenvalue weighted by atomic mass is 10.1. The van der Waals surface area contributed by atoms with E-state index in [1.807, 2.05) is 47.1 Å². The van der Waals surface area contributed by atoms with Crippen LogP contribution in [-0.2, 0) is 4.79 Å². The monoisotopic (exact) mass is 380 g/mol. The van der Waals surface area contributed by atoms with Gasteiger partial charge in [0, 0.05) is 24.0 Å². The van der Waals surface area contributed by atoms with Crippen molar-refractivity contribution in [2.45, 2.75) is 31.7 Å². The molecule has 146 valence electrons. The number of carbonyl (C=O) groups is 1. The number of fused-ring (bicyclic) bond motifs is 1. The Balaban J connectivity index is 1.52. The number of anilines is 1. The van der Waals surface area contributed by atoms with Crippen molar-refractivity contribution in [3.8, 4) is 22.8 Å². The number of amides is 1. The average Bonchev–Trinajstić information content (AvgIpc) is 3.36. The summed E-state index contributed by atoms with van der Waals surface area (Å²) in [6, 6.07) is 9.52. The van der Waals surface area contributed by atoms with Gasteiger partial charge in [0.25, 0.3) is 5.91 Å². The van der Waals surface area contributed by atoms with Crippen LogP contribution >= 0.6 is 0 Å². The fourth-order valence-electron chi connectivity index (χ4n) is 3.62. The van der Waals surface area contributed by atoms with Crippen LogP contribution in [0.1, 0.15) is 25.7 Å². The van der Waals surface area contributed by atoms with E-state index in [2.05, 4.69) is 10.3 Å². The van der Waals surface area contributed by atoms with Gasteiger partial charge in [0.1, 0.15) is 5.75 Å². The lowest BCUT2D eigenvalue weighted by molar-refractivity contribution is -0.123. The number of methoxy groups -OCH3 is 1. The third-order valence-corrected chi connectivity index (χ3v) is 5.05. The first-order chi connectivity index (χ1) is 13.6. The number of imidazole rings is 1. The molecule has 28 heavy (non-hydrogen) atoms. The van der Waals surface area contributed by atoms with Crippen LogP contribution in [-0.4, -0.2) is 35.1 Å². The molecule has 0 spiro atoms. The van der Waals surface area contributed by atoms with Gasteiger partial charge in [-0.25, -0.2) is 4.98 Å². The number of nitrogen functional groups attached to an aromatic ring is 1. The van der Waals surface area contributed by atoms with Crippen molar-refractivity contribution in [3.63, 3.8) is 0 Å². The Bertz CT molecular complexity index is 992. The van der Waals surface area contributed by atoms with E-state index >= 15 is 0 Å². The lowest BCUT2D eigenvalue weighted by Crippen LogP contribution is -2.36. The number of pyridine rings is 1. The average molecular weight is 380 g/mol. The molecule has 0 saturated heterocycles. The summed E-state index contributed by atoms with van der Waals surface area (Å²) in [7, 11) is 1.59. The summed E-state index contributed by atoms with van der Waals surface area (Å²) in [6.45, 7) is -0.0200. The van der Waals surface area contributed by atoms with Crippen LogP contribution < -0.4 is 20.5 Å². The van der Waals surface area contributed by atoms with Gasteiger partial charge in [-0.1, -0.05) is 12.8 Å². The number of nitrogens with two attached hydrogens (primary N) is 1. The van der Waals surface area contributed by atoms with Crippen molar-refractivity contribution in [1.82, 2.24) is 14.7 Å². The molecule has 3 aromatic rings. The molecule has 3 N–H and O–H groups in total. The van der Waals surface area contributed by atoms with Crippen molar-refractivity contribution in [2.75, 3.05) is 19.5 Å². The Morgan fingerprint density at radius 3 is 2.86 bits per heavy atom. The number of hydrogen-bond acceptors (Lipinski definition) is 5. The number of aromatic nitrogens is 2. The number of ether oxygens (including phenoxy) is 2. The maximum absolute atomic E-state index is 12.1. The van der Waals surface area contributed by atoms with Crippen LogP contribution in [0.3, 0.4) is 0 Å². The van der Waals surface area contributed by atoms with Crippen LogP contribution in [0.5, 0.6) is 11.5 Å². The maximum Gasteiger partial charge on any atom is 0.258 e. The highest BCUT2D eigenvalue weighted by Crippen LogP contribution is 2.29. The van der Waals surface area contributed by atoms with Crippen molar-refractivity contribution in [3.05, 3.63) is 42.7 Å². The Hall–Kier alpha value is -3.22. The molecule has 0 atom stereocenters. The van der Waals surface area contributed by atoms with E-state index in [9.17, 15) is 4.79 Å². The van der Waals surface area contributed by atoms with Crippen LogP contribution in [0.15, 0.2) is 42.7 Å². The van der Waals surface area contributed by atoms with E-state index in [1.165, 1.54) is 12.8 Å². The van der Waals surface area contributed by atoms with Crippen molar-refractivity contribution < 1.29 is 14.3 Å². The molecule has 1 saturated carbocycles. The largest absolute Gasteiger partial charge is 0.495 e. The van der Waals surface area contributed by atoms with Gasteiger partial charge < -0.3 is 24.9 Å². The van der Waals surface area contributed by atoms with Gasteiger partial charge in [-0.15, -0.1) is 0 Å². The normalized spacial score (nSPS) is 14.3. The number of rotatable bonds is 6. The fraction of sp³-hybridized carbons (Fsp3) is 0.333. The third-order valence-electron chi connectivity index (χ3n) is 5.05. The van der Waals surface area contributed by atoms with Gasteiger partial charge in [-0.3, -0.25) is 4.79 Å². The summed E-state index contributed by atoms with van der Waals surface area (Å²) in [5, 5.41) is 3.03. The summed E-state index contributed by atoms with van der Waals surface area (Å²) in [6.07, 6.45) is 8.26. The van der Waals surface area contributed by atoms with Gasteiger partial charge in [0.2, 0.25) is 0 Å². The lowest BCUT2D eigenvalue weighted by Gasteiger charge is -2.12. The maximum atomic E-state index is 12.1. The zero-order valence-electron chi connectivity index (χ0n) is 15.9. The minimum Gasteiger partial charge on any atom is -0.495 e. The zero-order valence-corrected chi connectivity index (χ0v) is 15.9. The van der Waals surface area contributed by atoms with Gasteiger partial charge in [-0.2, -0.15) is 0 Å². The summed E-state index contributed by atoms with van der Waals surface area (Å²) < 4.78 is 12.8. The molecule has 0 radical (unpaired) electrons. The smallest absolute Gasteiger partial charge is 0.258 e. The highest BCUT2D eigenvalue weighted by molar-refractivity contribution is 5.78. The van der Waals surface area contributed by atoms with Gasteiger partial charge in [0.15, 0.2) is 18.0 Å². The second-order valence-electron chi connectivity index (χ2n) is 7.02. The van der Waals surface area contributed by atoms with Crippen LogP contribution in [0.25, 0.3) is 16.9 Å². The van der Waals surface area contributed by atoms with Gasteiger partial charge in [0.05, 0.1) is 18.5 Å². The zero-order chi connectivity index (χ0) is 19.5. The molecular weight excluding hydrogens is 356 g/mol. The molecule has 0 aliphatic heterocycles. The minimum atomic E-state index is -0.0939. The van der Waals surface area contributed by atoms with E-state index in [1.54, 1.807) is 7.11 Å². The number of carbonyl (C=O) groups excluding carboxylic acids is 1. The summed E-state index contributed by atoms with van der Waals surface area (Å²) in [5.74, 6) is 1.10. The van der Waals surface area contributed by atoms with Crippen LogP contribution in [0, 0.1) is 0 Å². The third kappa shape index (κ3) is 3.74. The Kier molecular flexibility index (Phi) is 5.06. The van der Waals surface area contributed by atoms with Gasteiger partial charge >= 0.3 is 0 Å². The molecule has 1 aliphatic carbocycles. The summed E-state index contributed by atoms with van der Waals surface area (Å²) in [4.78, 5) is 16.8. The van der Waals surface area contributed by atoms with Crippen LogP contribution in [0.2, 0.25) is 0 Å². The van der Waals surface area contributed by atoms with Crippen molar-refractivity contribution in [2.24, 2.45) is 0 Å². The first-order valence-corrected chi connectivity index (χ1v) is 9.48. The summed E-state index contributed by atoms with van der Waals surface area (Å²) >= 11 is 0. The Labute approximate surface area is 163 Å². The van der Waals surface area contributed by atoms with E-state index in [0.717, 1.165) is 24.1 Å². The predicted molar refractivity (Wildman–Crippen MR) is 107 cm³/mol. The molecule has 7 nitrogen and oxygen atoms in total. The Morgan fingerprint density at radius 1 is 1.29 bits per heavy atom. The van der Waals surface area contributed by atoms with E-state index in [4.69, 9.17) is 15.2 Å². The highest BCUT2D eigenvalue weighted by Gasteiger charge is 2.18. The molecule has 1 fully saturated rings. The van der Waals surface area contributed by atoms with Crippen molar-refractivity contribution >= 4 is 17.2 Å². The summed E-state index contributed by atoms with van der Waals surface area (Å²) in [5.41, 5.74) is 8.86. The Morgan fingerprint density at radius 2 is 2.11 bits per heavy atom. The molecule has 1 amide bonds. The van der Waals surface area contributed by atoms with E-state index in [0.29, 0.717) is 22.8 Å². The molecule has 0 bridgehead atoms. The topological polar surface area (TPSA) is 90.9 Å². The SMILES string of the molecule is COc1ccc(-c2cn3cccc(OCC(=O)NC4CCCC4)c3n2)cc1N. The quantitative estimate of drug-likeness (QED) is 0.642. The number of hydrogen-bond donors (Lipinski definition) is 2. The number of nitrogens with zero attached hydrogens (tertiary/aromatic N) is 2. The minimum absolute atomic E-state index is 0.0200. The van der Waals surface area contributed by atoms with Crippen LogP contribution in [0.4, 0.5) is 5.69 Å². The predicted octanol–water partition coefficient (Wildman–Crippen LogP) is 3.03. The number of nitrogens with one attached hydrogen (secondary N) is 1. The highest BCUT2D eigenvalue weighted by atomic mass is 16.5. The van der Waals surface area contributed by atoms with Crippen molar-refractivity contribution in [1.29, 1.82) is 0 Å². The molecule has 2 aromatic heterocycles. The molecular formula is C21H24N4O3. The molecule has 4 rings (SSSR count). The van der Waals surface area contributed by atoms with E-state index in [-0.39, 0.29) is 18.6 Å². The molecule has 0 unspecified atom stereocenters. The van der Waals surface area contributed by atoms with Gasteiger partial charge in [-0.05, 0) is 43.2 Å². The molecule has 1 aliphatic rings. The van der Waals surface area contributed by atoms with E-state index < -0.39 is 0 Å². The molecule has 7 heteroatoms. The second kappa shape index (κ2) is 7.80. The molecule has 1 aromatic carbocycles. The molecule has 2 heterocycles. The fourth-order valence-corrected chi connectivity index (χ4v) is 3.62. The first-order valence-electron chi connectivity index (χ1n) is 9.48. The standard InChI is InChI=1S/C21H24N4O3/c1-27-18-9-8-14(11-16(18)22)17-12-25-10-4-7-19(21(25)24-17)28-13-20(26)23-15-5-2-3-6-15/h4,7-12,15H,2-3,5-6,13,22H2,1H3,(H,23,26). The first kappa shape index (κ1) is 18.2. The second-order valence-corrected chi connectivity index (χ2v) is 7.02. The number of benzene rings is 1.